The molecular formula is C7H16N2S. The first kappa shape index (κ1) is 9.43. The van der Waals surface area contributed by atoms with Gasteiger partial charge < -0.3 is 5.73 Å². The molecule has 0 radical (unpaired) electrons. The molecule has 0 aromatic carbocycles. The molecule has 1 heterocycles. The van der Waals surface area contributed by atoms with Crippen LogP contribution in [0, 0.1) is 6.92 Å². The second-order valence-corrected chi connectivity index (χ2v) is 2.92. The number of aromatic nitrogens is 1. The number of anilines is 1. The van der Waals surface area contributed by atoms with Crippen molar-refractivity contribution in [3.63, 3.8) is 0 Å². The molecule has 0 aliphatic rings. The predicted octanol–water partition coefficient (Wildman–Crippen LogP) is 2.70. The first-order chi connectivity index (χ1) is 4.70. The van der Waals surface area contributed by atoms with Crippen molar-refractivity contribution in [1.29, 1.82) is 0 Å². The van der Waals surface area contributed by atoms with Crippen LogP contribution in [0.5, 0.6) is 0 Å². The molecule has 0 atom stereocenters. The molecule has 1 aromatic rings. The van der Waals surface area contributed by atoms with Gasteiger partial charge in [-0.15, -0.1) is 11.3 Å². The molecule has 0 aliphatic carbocycles. The molecule has 0 fully saturated rings. The highest BCUT2D eigenvalue weighted by molar-refractivity contribution is 7.13. The van der Waals surface area contributed by atoms with Crippen molar-refractivity contribution in [2.45, 2.75) is 27.2 Å². The SMILES string of the molecule is CCC.Cc1csc(N)n1.[HH]. The molecule has 2 nitrogen and oxygen atoms in total. The van der Waals surface area contributed by atoms with Gasteiger partial charge >= 0.3 is 0 Å². The molecular weight excluding hydrogens is 144 g/mol. The first-order valence-electron chi connectivity index (χ1n) is 3.38. The van der Waals surface area contributed by atoms with Crippen LogP contribution in [-0.4, -0.2) is 4.98 Å². The zero-order valence-corrected chi connectivity index (χ0v) is 7.53. The monoisotopic (exact) mass is 160 g/mol. The van der Waals surface area contributed by atoms with E-state index in [1.807, 2.05) is 12.3 Å². The average molecular weight is 160 g/mol. The maximum absolute atomic E-state index is 5.29. The Labute approximate surface area is 67.6 Å². The second-order valence-electron chi connectivity index (χ2n) is 2.03. The fourth-order valence-corrected chi connectivity index (χ4v) is 0.913. The van der Waals surface area contributed by atoms with E-state index >= 15 is 0 Å². The number of thiazole rings is 1. The number of hydrogen-bond acceptors (Lipinski definition) is 3. The lowest BCUT2D eigenvalue weighted by Gasteiger charge is -1.72. The summed E-state index contributed by atoms with van der Waals surface area (Å²) >= 11 is 1.47. The van der Waals surface area contributed by atoms with E-state index in [1.165, 1.54) is 17.8 Å². The standard InChI is InChI=1S/C4H6N2S.C3H8.H2/c1-3-2-7-4(5)6-3;1-3-2;/h2H,1H3,(H2,5,6);3H2,1-2H3;1H. The average Bonchev–Trinajstić information content (AvgIpc) is 2.17. The van der Waals surface area contributed by atoms with E-state index < -0.39 is 0 Å². The Morgan fingerprint density at radius 2 is 2.20 bits per heavy atom. The highest BCUT2D eigenvalue weighted by atomic mass is 32.1. The Hall–Kier alpha value is -0.570. The molecule has 0 saturated heterocycles. The third-order valence-corrected chi connectivity index (χ3v) is 1.43. The number of aryl methyl sites for hydroxylation is 1. The van der Waals surface area contributed by atoms with Crippen molar-refractivity contribution in [3.05, 3.63) is 11.1 Å². The summed E-state index contributed by atoms with van der Waals surface area (Å²) in [4.78, 5) is 3.91. The third-order valence-electron chi connectivity index (χ3n) is 0.637. The Morgan fingerprint density at radius 1 is 1.70 bits per heavy atom. The van der Waals surface area contributed by atoms with Crippen LogP contribution in [0.25, 0.3) is 0 Å². The molecule has 0 aliphatic heterocycles. The molecule has 2 N–H and O–H groups in total. The van der Waals surface area contributed by atoms with Crippen molar-refractivity contribution in [2.24, 2.45) is 0 Å². The number of nitrogens with zero attached hydrogens (tertiary/aromatic N) is 1. The quantitative estimate of drug-likeness (QED) is 0.633. The number of nitrogen functional groups attached to an aromatic ring is 1. The summed E-state index contributed by atoms with van der Waals surface area (Å²) in [5.74, 6) is 0. The lowest BCUT2D eigenvalue weighted by molar-refractivity contribution is 1.09. The van der Waals surface area contributed by atoms with Gasteiger partial charge in [0.1, 0.15) is 0 Å². The van der Waals surface area contributed by atoms with Crippen LogP contribution >= 0.6 is 11.3 Å². The summed E-state index contributed by atoms with van der Waals surface area (Å²) in [6.07, 6.45) is 1.25. The molecule has 1 aromatic heterocycles. The Morgan fingerprint density at radius 3 is 2.30 bits per heavy atom. The molecule has 1 rings (SSSR count). The molecule has 0 amide bonds. The van der Waals surface area contributed by atoms with E-state index in [0.29, 0.717) is 5.13 Å². The van der Waals surface area contributed by atoms with Gasteiger partial charge in [0.2, 0.25) is 0 Å². The van der Waals surface area contributed by atoms with Gasteiger partial charge in [0.05, 0.1) is 5.69 Å². The van der Waals surface area contributed by atoms with Gasteiger partial charge in [0.15, 0.2) is 5.13 Å². The summed E-state index contributed by atoms with van der Waals surface area (Å²) in [6, 6.07) is 0. The first-order valence-corrected chi connectivity index (χ1v) is 4.26. The number of hydrogen-bond donors (Lipinski definition) is 1. The van der Waals surface area contributed by atoms with Crippen LogP contribution in [0.4, 0.5) is 5.13 Å². The molecule has 0 spiro atoms. The van der Waals surface area contributed by atoms with Gasteiger partial charge in [0.25, 0.3) is 0 Å². The fraction of sp³-hybridized carbons (Fsp3) is 0.571. The molecule has 0 unspecified atom stereocenters. The molecule has 10 heavy (non-hydrogen) atoms. The summed E-state index contributed by atoms with van der Waals surface area (Å²) in [5.41, 5.74) is 6.29. The third kappa shape index (κ3) is 4.32. The maximum atomic E-state index is 5.29. The Bertz CT molecular complexity index is 160. The van der Waals surface area contributed by atoms with Gasteiger partial charge in [-0.05, 0) is 6.92 Å². The lowest BCUT2D eigenvalue weighted by Crippen LogP contribution is -1.80. The minimum atomic E-state index is 0. The fourth-order valence-electron chi connectivity index (χ4n) is 0.372. The summed E-state index contributed by atoms with van der Waals surface area (Å²) in [5, 5.41) is 2.58. The second kappa shape index (κ2) is 5.23. The van der Waals surface area contributed by atoms with Crippen molar-refractivity contribution in [1.82, 2.24) is 4.98 Å². The zero-order valence-electron chi connectivity index (χ0n) is 6.72. The van der Waals surface area contributed by atoms with Crippen molar-refractivity contribution in [2.75, 3.05) is 5.73 Å². The summed E-state index contributed by atoms with van der Waals surface area (Å²) < 4.78 is 0. The van der Waals surface area contributed by atoms with E-state index in [2.05, 4.69) is 18.8 Å². The van der Waals surface area contributed by atoms with E-state index in [0.717, 1.165) is 5.69 Å². The lowest BCUT2D eigenvalue weighted by atomic mass is 10.6. The minimum Gasteiger partial charge on any atom is -0.375 e. The highest BCUT2D eigenvalue weighted by Crippen LogP contribution is 2.08. The van der Waals surface area contributed by atoms with Crippen LogP contribution in [0.1, 0.15) is 27.4 Å². The smallest absolute Gasteiger partial charge is 0.180 e. The Kier molecular flexibility index (Phi) is 4.94. The minimum absolute atomic E-state index is 0. The molecule has 3 heteroatoms. The number of rotatable bonds is 0. The van der Waals surface area contributed by atoms with Gasteiger partial charge in [0, 0.05) is 6.81 Å². The van der Waals surface area contributed by atoms with Crippen molar-refractivity contribution < 1.29 is 1.43 Å². The number of nitrogens with two attached hydrogens (primary N) is 1. The zero-order chi connectivity index (χ0) is 7.98. The maximum Gasteiger partial charge on any atom is 0.180 e. The van der Waals surface area contributed by atoms with E-state index in [-0.39, 0.29) is 1.43 Å². The normalized spacial score (nSPS) is 8.30. The van der Waals surface area contributed by atoms with Crippen LogP contribution < -0.4 is 5.73 Å². The molecule has 0 bridgehead atoms. The molecule has 0 saturated carbocycles. The highest BCUT2D eigenvalue weighted by Gasteiger charge is 1.86. The summed E-state index contributed by atoms with van der Waals surface area (Å²) in [6.45, 7) is 6.17. The Balaban J connectivity index is 0. The van der Waals surface area contributed by atoms with Gasteiger partial charge in [-0.3, -0.25) is 0 Å². The van der Waals surface area contributed by atoms with E-state index in [4.69, 9.17) is 5.73 Å². The van der Waals surface area contributed by atoms with Crippen LogP contribution in [0.15, 0.2) is 5.38 Å². The molecule has 60 valence electrons. The van der Waals surface area contributed by atoms with Crippen molar-refractivity contribution >= 4 is 16.5 Å². The van der Waals surface area contributed by atoms with Crippen LogP contribution in [0.3, 0.4) is 0 Å². The van der Waals surface area contributed by atoms with Crippen molar-refractivity contribution in [3.8, 4) is 0 Å². The van der Waals surface area contributed by atoms with E-state index in [1.54, 1.807) is 0 Å². The van der Waals surface area contributed by atoms with Gasteiger partial charge in [-0.25, -0.2) is 4.98 Å². The largest absolute Gasteiger partial charge is 0.375 e. The predicted molar refractivity (Wildman–Crippen MR) is 49.3 cm³/mol. The summed E-state index contributed by atoms with van der Waals surface area (Å²) in [7, 11) is 0. The van der Waals surface area contributed by atoms with E-state index in [9.17, 15) is 0 Å². The van der Waals surface area contributed by atoms with Gasteiger partial charge in [-0.2, -0.15) is 0 Å². The van der Waals surface area contributed by atoms with Crippen LogP contribution in [0.2, 0.25) is 0 Å². The topological polar surface area (TPSA) is 38.9 Å². The van der Waals surface area contributed by atoms with Gasteiger partial charge in [-0.1, -0.05) is 20.3 Å². The van der Waals surface area contributed by atoms with Crippen LogP contribution in [-0.2, 0) is 0 Å².